The maximum Gasteiger partial charge on any atom is -0.00495 e. The first kappa shape index (κ1) is 19.0. The van der Waals surface area contributed by atoms with E-state index in [1.165, 1.54) is 11.1 Å². The van der Waals surface area contributed by atoms with Crippen LogP contribution in [-0.4, -0.2) is 0 Å². The van der Waals surface area contributed by atoms with E-state index in [1.54, 1.807) is 0 Å². The Morgan fingerprint density at radius 1 is 1.10 bits per heavy atom. The van der Waals surface area contributed by atoms with Crippen molar-refractivity contribution in [3.8, 4) is 0 Å². The molecule has 0 N–H and O–H groups in total. The molecular formula is C20H34. The molecular weight excluding hydrogens is 240 g/mol. The largest absolute Gasteiger partial charge is 0.0993 e. The van der Waals surface area contributed by atoms with Crippen LogP contribution in [0.3, 0.4) is 0 Å². The minimum absolute atomic E-state index is 0.101. The zero-order valence-corrected chi connectivity index (χ0v) is 14.7. The fraction of sp³-hybridized carbons (Fsp3) is 0.600. The van der Waals surface area contributed by atoms with Crippen LogP contribution in [0.4, 0.5) is 0 Å². The van der Waals surface area contributed by atoms with Gasteiger partial charge in [-0.1, -0.05) is 84.6 Å². The molecule has 0 fully saturated rings. The van der Waals surface area contributed by atoms with Crippen LogP contribution in [0, 0.1) is 16.7 Å². The second-order valence-corrected chi connectivity index (χ2v) is 7.36. The second kappa shape index (κ2) is 7.67. The number of hydrogen-bond donors (Lipinski definition) is 0. The van der Waals surface area contributed by atoms with Crippen molar-refractivity contribution in [3.05, 3.63) is 48.6 Å². The molecule has 0 radical (unpaired) electrons. The van der Waals surface area contributed by atoms with Crippen molar-refractivity contribution in [1.82, 2.24) is 0 Å². The van der Waals surface area contributed by atoms with Crippen LogP contribution >= 0.6 is 0 Å². The summed E-state index contributed by atoms with van der Waals surface area (Å²) in [7, 11) is 0. The van der Waals surface area contributed by atoms with Gasteiger partial charge in [-0.15, -0.1) is 0 Å². The van der Waals surface area contributed by atoms with Gasteiger partial charge in [0.15, 0.2) is 0 Å². The van der Waals surface area contributed by atoms with E-state index in [0.717, 1.165) is 12.8 Å². The Morgan fingerprint density at radius 3 is 2.10 bits per heavy atom. The Balaban J connectivity index is 4.47. The van der Waals surface area contributed by atoms with Gasteiger partial charge in [-0.25, -0.2) is 0 Å². The van der Waals surface area contributed by atoms with Crippen molar-refractivity contribution in [2.75, 3.05) is 0 Å². The van der Waals surface area contributed by atoms with Gasteiger partial charge >= 0.3 is 0 Å². The van der Waals surface area contributed by atoms with Gasteiger partial charge in [-0.05, 0) is 42.1 Å². The van der Waals surface area contributed by atoms with Crippen molar-refractivity contribution < 1.29 is 0 Å². The quantitative estimate of drug-likeness (QED) is 0.357. The zero-order valence-electron chi connectivity index (χ0n) is 14.7. The molecule has 1 unspecified atom stereocenters. The second-order valence-electron chi connectivity index (χ2n) is 7.36. The first-order valence-electron chi connectivity index (χ1n) is 7.70. The number of rotatable bonds is 7. The summed E-state index contributed by atoms with van der Waals surface area (Å²) in [5.41, 5.74) is 2.84. The fourth-order valence-corrected chi connectivity index (χ4v) is 1.88. The molecule has 0 aliphatic carbocycles. The van der Waals surface area contributed by atoms with E-state index in [9.17, 15) is 0 Å². The first-order valence-corrected chi connectivity index (χ1v) is 7.70. The highest BCUT2D eigenvalue weighted by atomic mass is 14.3. The van der Waals surface area contributed by atoms with Crippen LogP contribution in [0.15, 0.2) is 48.6 Å². The maximum atomic E-state index is 4.19. The molecule has 20 heavy (non-hydrogen) atoms. The van der Waals surface area contributed by atoms with Crippen LogP contribution in [0.1, 0.15) is 61.3 Å². The molecule has 0 heterocycles. The summed E-state index contributed by atoms with van der Waals surface area (Å²) in [6.45, 7) is 23.9. The molecule has 0 spiro atoms. The van der Waals surface area contributed by atoms with Crippen LogP contribution in [-0.2, 0) is 0 Å². The lowest BCUT2D eigenvalue weighted by molar-refractivity contribution is 0.351. The highest BCUT2D eigenvalue weighted by Crippen LogP contribution is 2.35. The average molecular weight is 274 g/mol. The van der Waals surface area contributed by atoms with Crippen molar-refractivity contribution in [1.29, 1.82) is 0 Å². The van der Waals surface area contributed by atoms with Crippen molar-refractivity contribution in [3.63, 3.8) is 0 Å². The first-order chi connectivity index (χ1) is 9.03. The Labute approximate surface area is 127 Å². The van der Waals surface area contributed by atoms with Crippen LogP contribution in [0.5, 0.6) is 0 Å². The maximum absolute atomic E-state index is 4.19. The monoisotopic (exact) mass is 274 g/mol. The van der Waals surface area contributed by atoms with E-state index >= 15 is 0 Å². The van der Waals surface area contributed by atoms with Gasteiger partial charge in [-0.2, -0.15) is 0 Å². The summed E-state index contributed by atoms with van der Waals surface area (Å²) in [6, 6.07) is 0. The van der Waals surface area contributed by atoms with E-state index in [0.29, 0.717) is 5.92 Å². The SMILES string of the molecule is C=C(CCC=CC(C)C(C)(C)C(=C)/C=C\C)C(C)(C)C. The topological polar surface area (TPSA) is 0 Å². The molecule has 0 aliphatic heterocycles. The van der Waals surface area contributed by atoms with Crippen LogP contribution < -0.4 is 0 Å². The third kappa shape index (κ3) is 5.94. The predicted molar refractivity (Wildman–Crippen MR) is 93.9 cm³/mol. The molecule has 0 heteroatoms. The molecule has 0 nitrogen and oxygen atoms in total. The standard InChI is InChI=1S/C20H34/c1-10-13-17(3)20(8,9)18(4)15-12-11-14-16(2)19(5,6)7/h10,12-13,15,18H,2-3,11,14H2,1,4-9H3/b13-10-,15-12?. The number of allylic oxidation sites excluding steroid dienone is 6. The Morgan fingerprint density at radius 2 is 1.65 bits per heavy atom. The summed E-state index contributed by atoms with van der Waals surface area (Å²) in [5.74, 6) is 0.481. The zero-order chi connectivity index (χ0) is 16.0. The molecule has 0 aromatic rings. The molecule has 114 valence electrons. The summed E-state index contributed by atoms with van der Waals surface area (Å²) < 4.78 is 0. The lowest BCUT2D eigenvalue weighted by Gasteiger charge is -2.31. The van der Waals surface area contributed by atoms with Gasteiger partial charge in [0.05, 0.1) is 0 Å². The molecule has 0 aromatic carbocycles. The molecule has 0 aromatic heterocycles. The molecule has 0 aliphatic rings. The Kier molecular flexibility index (Phi) is 7.27. The van der Waals surface area contributed by atoms with E-state index in [2.05, 4.69) is 79.0 Å². The molecule has 0 bridgehead atoms. The normalized spacial score (nSPS) is 14.9. The van der Waals surface area contributed by atoms with E-state index in [4.69, 9.17) is 0 Å². The lowest BCUT2D eigenvalue weighted by atomic mass is 9.74. The van der Waals surface area contributed by atoms with E-state index < -0.39 is 0 Å². The van der Waals surface area contributed by atoms with Gasteiger partial charge in [0, 0.05) is 0 Å². The molecule has 1 atom stereocenters. The predicted octanol–water partition coefficient (Wildman–Crippen LogP) is 6.72. The Bertz CT molecular complexity index is 383. The highest BCUT2D eigenvalue weighted by Gasteiger charge is 2.25. The minimum atomic E-state index is 0.101. The lowest BCUT2D eigenvalue weighted by Crippen LogP contribution is -2.21. The molecule has 0 rings (SSSR count). The van der Waals surface area contributed by atoms with E-state index in [1.807, 2.05) is 6.92 Å². The van der Waals surface area contributed by atoms with Crippen molar-refractivity contribution >= 4 is 0 Å². The molecule has 0 amide bonds. The summed E-state index contributed by atoms with van der Waals surface area (Å²) >= 11 is 0. The van der Waals surface area contributed by atoms with Gasteiger partial charge in [0.1, 0.15) is 0 Å². The van der Waals surface area contributed by atoms with Crippen molar-refractivity contribution in [2.45, 2.75) is 61.3 Å². The van der Waals surface area contributed by atoms with E-state index in [-0.39, 0.29) is 10.8 Å². The van der Waals surface area contributed by atoms with Gasteiger partial charge in [0.25, 0.3) is 0 Å². The minimum Gasteiger partial charge on any atom is -0.0993 e. The van der Waals surface area contributed by atoms with Gasteiger partial charge in [0.2, 0.25) is 0 Å². The fourth-order valence-electron chi connectivity index (χ4n) is 1.88. The number of hydrogen-bond acceptors (Lipinski definition) is 0. The van der Waals surface area contributed by atoms with Gasteiger partial charge < -0.3 is 0 Å². The third-order valence-corrected chi connectivity index (χ3v) is 4.43. The van der Waals surface area contributed by atoms with Crippen LogP contribution in [0.25, 0.3) is 0 Å². The van der Waals surface area contributed by atoms with Gasteiger partial charge in [-0.3, -0.25) is 0 Å². The molecule has 0 saturated carbocycles. The average Bonchev–Trinajstić information content (AvgIpc) is 2.32. The van der Waals surface area contributed by atoms with Crippen LogP contribution in [0.2, 0.25) is 0 Å². The Hall–Kier alpha value is -1.04. The summed E-state index contributed by atoms with van der Waals surface area (Å²) in [4.78, 5) is 0. The molecule has 0 saturated heterocycles. The van der Waals surface area contributed by atoms with Crippen molar-refractivity contribution in [2.24, 2.45) is 16.7 Å². The smallest absolute Gasteiger partial charge is 0.00495 e. The summed E-state index contributed by atoms with van der Waals surface area (Å²) in [6.07, 6.45) is 11.0. The third-order valence-electron chi connectivity index (χ3n) is 4.43. The summed E-state index contributed by atoms with van der Waals surface area (Å²) in [5, 5.41) is 0. The highest BCUT2D eigenvalue weighted by molar-refractivity contribution is 5.24.